The van der Waals surface area contributed by atoms with Gasteiger partial charge in [-0.15, -0.1) is 0 Å². The highest BCUT2D eigenvalue weighted by Crippen LogP contribution is 2.27. The summed E-state index contributed by atoms with van der Waals surface area (Å²) in [6, 6.07) is 5.33. The number of nitrogens with one attached hydrogen (secondary N) is 1. The summed E-state index contributed by atoms with van der Waals surface area (Å²) >= 11 is 3.32. The van der Waals surface area contributed by atoms with E-state index in [0.29, 0.717) is 10.2 Å². The van der Waals surface area contributed by atoms with Crippen molar-refractivity contribution >= 4 is 41.5 Å². The van der Waals surface area contributed by atoms with Gasteiger partial charge >= 0.3 is 0 Å². The third kappa shape index (κ3) is 3.73. The van der Waals surface area contributed by atoms with Crippen LogP contribution in [0.1, 0.15) is 18.4 Å². The molecule has 0 aliphatic carbocycles. The van der Waals surface area contributed by atoms with Gasteiger partial charge in [0.1, 0.15) is 9.84 Å². The Hall–Kier alpha value is -0.600. The van der Waals surface area contributed by atoms with E-state index in [-0.39, 0.29) is 24.3 Å². The smallest absolute Gasteiger partial charge is 0.235 e. The average molecular weight is 382 g/mol. The predicted octanol–water partition coefficient (Wildman–Crippen LogP) is 2.08. The molecule has 1 saturated heterocycles. The van der Waals surface area contributed by atoms with E-state index in [2.05, 4.69) is 20.7 Å². The minimum Gasteiger partial charge on any atom is -0.282 e. The number of anilines is 1. The normalized spacial score (nSPS) is 19.7. The summed E-state index contributed by atoms with van der Waals surface area (Å²) in [4.78, 5) is 0. The Labute approximate surface area is 127 Å². The van der Waals surface area contributed by atoms with Gasteiger partial charge in [-0.05, 0) is 53.4 Å². The van der Waals surface area contributed by atoms with E-state index in [4.69, 9.17) is 0 Å². The van der Waals surface area contributed by atoms with E-state index in [1.54, 1.807) is 6.07 Å². The lowest BCUT2D eigenvalue weighted by atomic mass is 10.2. The van der Waals surface area contributed by atoms with E-state index < -0.39 is 25.1 Å². The van der Waals surface area contributed by atoms with Crippen molar-refractivity contribution in [3.05, 3.63) is 28.2 Å². The lowest BCUT2D eigenvalue weighted by Gasteiger charge is -2.23. The van der Waals surface area contributed by atoms with E-state index in [1.165, 1.54) is 0 Å². The van der Waals surface area contributed by atoms with Crippen LogP contribution in [0.4, 0.5) is 5.69 Å². The number of hydrogen-bond donors (Lipinski definition) is 1. The molecule has 5 nitrogen and oxygen atoms in total. The summed E-state index contributed by atoms with van der Waals surface area (Å²) in [5.41, 5.74) is 1.49. The molecule has 1 aliphatic rings. The molecule has 0 saturated carbocycles. The van der Waals surface area contributed by atoms with Crippen LogP contribution < -0.4 is 4.72 Å². The van der Waals surface area contributed by atoms with Crippen molar-refractivity contribution in [1.82, 2.24) is 0 Å². The van der Waals surface area contributed by atoms with Crippen LogP contribution in [0.15, 0.2) is 22.7 Å². The van der Waals surface area contributed by atoms with Crippen molar-refractivity contribution in [2.75, 3.05) is 16.2 Å². The minimum atomic E-state index is -3.57. The molecule has 0 radical (unpaired) electrons. The molecular weight excluding hydrogens is 366 g/mol. The number of hydrogen-bond acceptors (Lipinski definition) is 4. The highest BCUT2D eigenvalue weighted by Gasteiger charge is 2.33. The Bertz CT molecular complexity index is 699. The second kappa shape index (κ2) is 5.65. The second-order valence-corrected chi connectivity index (χ2v) is 10.1. The zero-order valence-corrected chi connectivity index (χ0v) is 14.2. The first-order valence-electron chi connectivity index (χ1n) is 6.18. The van der Waals surface area contributed by atoms with Gasteiger partial charge in [0.25, 0.3) is 0 Å². The van der Waals surface area contributed by atoms with Gasteiger partial charge in [0, 0.05) is 4.47 Å². The monoisotopic (exact) mass is 381 g/mol. The van der Waals surface area contributed by atoms with Crippen LogP contribution in [0, 0.1) is 6.92 Å². The Kier molecular flexibility index (Phi) is 4.46. The van der Waals surface area contributed by atoms with Crippen LogP contribution in [0.2, 0.25) is 0 Å². The number of rotatable bonds is 3. The number of halogens is 1. The number of sulfonamides is 1. The van der Waals surface area contributed by atoms with Crippen molar-refractivity contribution in [3.8, 4) is 0 Å². The van der Waals surface area contributed by atoms with Gasteiger partial charge in [-0.3, -0.25) is 4.72 Å². The van der Waals surface area contributed by atoms with Gasteiger partial charge in [-0.2, -0.15) is 0 Å². The Morgan fingerprint density at radius 1 is 1.25 bits per heavy atom. The fourth-order valence-corrected chi connectivity index (χ4v) is 6.14. The molecule has 1 aromatic rings. The van der Waals surface area contributed by atoms with Crippen molar-refractivity contribution in [3.63, 3.8) is 0 Å². The first kappa shape index (κ1) is 15.8. The molecule has 0 atom stereocenters. The van der Waals surface area contributed by atoms with Crippen LogP contribution in [0.5, 0.6) is 0 Å². The molecule has 1 fully saturated rings. The maximum absolute atomic E-state index is 12.3. The molecule has 1 N–H and O–H groups in total. The molecule has 1 aliphatic heterocycles. The quantitative estimate of drug-likeness (QED) is 0.868. The molecule has 0 unspecified atom stereocenters. The first-order chi connectivity index (χ1) is 9.20. The van der Waals surface area contributed by atoms with Crippen molar-refractivity contribution in [2.24, 2.45) is 0 Å². The summed E-state index contributed by atoms with van der Waals surface area (Å²) in [5, 5.41) is -0.653. The molecule has 0 aromatic heterocycles. The first-order valence-corrected chi connectivity index (χ1v) is 10.3. The number of benzene rings is 1. The van der Waals surface area contributed by atoms with Crippen molar-refractivity contribution < 1.29 is 16.8 Å². The standard InChI is InChI=1S/C12H16BrNO4S2/c1-9-2-3-12(11(13)8-9)14-20(17,18)10-4-6-19(15,16)7-5-10/h2-3,8,10,14H,4-7H2,1H3. The van der Waals surface area contributed by atoms with Crippen LogP contribution in [-0.4, -0.2) is 33.6 Å². The van der Waals surface area contributed by atoms with Crippen LogP contribution >= 0.6 is 15.9 Å². The molecule has 1 aromatic carbocycles. The highest BCUT2D eigenvalue weighted by molar-refractivity contribution is 9.10. The summed E-state index contributed by atoms with van der Waals surface area (Å²) in [5.74, 6) is -0.124. The Morgan fingerprint density at radius 2 is 1.85 bits per heavy atom. The third-order valence-corrected chi connectivity index (χ3v) is 7.54. The lowest BCUT2D eigenvalue weighted by molar-refractivity contribution is 0.555. The van der Waals surface area contributed by atoms with Crippen LogP contribution in [0.3, 0.4) is 0 Å². The van der Waals surface area contributed by atoms with Gasteiger partial charge in [-0.1, -0.05) is 6.07 Å². The summed E-state index contributed by atoms with van der Waals surface area (Å²) < 4.78 is 50.5. The molecule has 0 amide bonds. The summed E-state index contributed by atoms with van der Waals surface area (Å²) in [6.45, 7) is 1.91. The van der Waals surface area contributed by atoms with Gasteiger partial charge in [0.15, 0.2) is 0 Å². The minimum absolute atomic E-state index is 0.0619. The second-order valence-electron chi connectivity index (χ2n) is 4.98. The summed E-state index contributed by atoms with van der Waals surface area (Å²) in [7, 11) is -6.63. The van der Waals surface area contributed by atoms with E-state index in [9.17, 15) is 16.8 Å². The summed E-state index contributed by atoms with van der Waals surface area (Å²) in [6.07, 6.45) is 0.308. The number of sulfone groups is 1. The molecule has 8 heteroatoms. The fraction of sp³-hybridized carbons (Fsp3) is 0.500. The van der Waals surface area contributed by atoms with Crippen molar-refractivity contribution in [1.29, 1.82) is 0 Å². The van der Waals surface area contributed by atoms with Gasteiger partial charge in [0.2, 0.25) is 10.0 Å². The van der Waals surface area contributed by atoms with Crippen LogP contribution in [-0.2, 0) is 19.9 Å². The zero-order chi connectivity index (χ0) is 15.0. The maximum atomic E-state index is 12.3. The van der Waals surface area contributed by atoms with E-state index in [0.717, 1.165) is 5.56 Å². The van der Waals surface area contributed by atoms with Gasteiger partial charge in [0.05, 0.1) is 22.4 Å². The fourth-order valence-electron chi connectivity index (χ4n) is 2.12. The molecule has 2 rings (SSSR count). The Morgan fingerprint density at radius 3 is 2.40 bits per heavy atom. The number of aryl methyl sites for hydroxylation is 1. The largest absolute Gasteiger partial charge is 0.282 e. The molecule has 112 valence electrons. The average Bonchev–Trinajstić information content (AvgIpc) is 2.32. The van der Waals surface area contributed by atoms with Crippen molar-refractivity contribution in [2.45, 2.75) is 25.0 Å². The maximum Gasteiger partial charge on any atom is 0.235 e. The highest BCUT2D eigenvalue weighted by atomic mass is 79.9. The SMILES string of the molecule is Cc1ccc(NS(=O)(=O)C2CCS(=O)(=O)CC2)c(Br)c1. The van der Waals surface area contributed by atoms with Gasteiger partial charge in [-0.25, -0.2) is 16.8 Å². The van der Waals surface area contributed by atoms with E-state index >= 15 is 0 Å². The molecule has 0 bridgehead atoms. The van der Waals surface area contributed by atoms with Gasteiger partial charge < -0.3 is 0 Å². The molecule has 20 heavy (non-hydrogen) atoms. The van der Waals surface area contributed by atoms with Crippen LogP contribution in [0.25, 0.3) is 0 Å². The molecule has 1 heterocycles. The van der Waals surface area contributed by atoms with E-state index in [1.807, 2.05) is 19.1 Å². The topological polar surface area (TPSA) is 80.3 Å². The lowest BCUT2D eigenvalue weighted by Crippen LogP contribution is -2.36. The Balaban J connectivity index is 2.16. The molecule has 0 spiro atoms. The zero-order valence-electron chi connectivity index (χ0n) is 11.0. The predicted molar refractivity (Wildman–Crippen MR) is 83.1 cm³/mol. The third-order valence-electron chi connectivity index (χ3n) is 3.32. The molecular formula is C12H16BrNO4S2.